The van der Waals surface area contributed by atoms with Crippen molar-refractivity contribution in [2.45, 2.75) is 32.4 Å². The average molecular weight is 446 g/mol. The summed E-state index contributed by atoms with van der Waals surface area (Å²) in [5, 5.41) is 3.88. The summed E-state index contributed by atoms with van der Waals surface area (Å²) in [6.07, 6.45) is 1.92. The maximum absolute atomic E-state index is 6.18. The van der Waals surface area contributed by atoms with Crippen LogP contribution < -0.4 is 14.8 Å². The van der Waals surface area contributed by atoms with Crippen molar-refractivity contribution in [2.75, 3.05) is 32.1 Å². The van der Waals surface area contributed by atoms with Crippen LogP contribution in [0.1, 0.15) is 25.3 Å². The largest absolute Gasteiger partial charge is 0.493 e. The summed E-state index contributed by atoms with van der Waals surface area (Å²) in [7, 11) is 1.65. The third kappa shape index (κ3) is 5.32. The van der Waals surface area contributed by atoms with E-state index < -0.39 is 0 Å². The highest BCUT2D eigenvalue weighted by Gasteiger charge is 2.22. The molecular weight excluding hydrogens is 423 g/mol. The van der Waals surface area contributed by atoms with Crippen molar-refractivity contribution in [3.63, 3.8) is 0 Å². The van der Waals surface area contributed by atoms with Crippen LogP contribution in [0.15, 0.2) is 18.2 Å². The molecular formula is C19H23Cl3N4O2. The molecule has 0 radical (unpaired) electrons. The van der Waals surface area contributed by atoms with Gasteiger partial charge in [-0.15, -0.1) is 0 Å². The second kappa shape index (κ2) is 9.83. The van der Waals surface area contributed by atoms with Crippen molar-refractivity contribution in [3.05, 3.63) is 39.2 Å². The molecule has 0 unspecified atom stereocenters. The van der Waals surface area contributed by atoms with Crippen LogP contribution in [-0.2, 0) is 6.54 Å². The summed E-state index contributed by atoms with van der Waals surface area (Å²) < 4.78 is 11.0. The summed E-state index contributed by atoms with van der Waals surface area (Å²) in [5.41, 5.74) is 1.20. The smallest absolute Gasteiger partial charge is 0.225 e. The number of nitrogens with zero attached hydrogens (tertiary/aromatic N) is 3. The molecule has 1 saturated heterocycles. The van der Waals surface area contributed by atoms with Gasteiger partial charge in [0.05, 0.1) is 13.7 Å². The topological polar surface area (TPSA) is 59.5 Å². The first-order chi connectivity index (χ1) is 13.5. The number of rotatable bonds is 7. The number of hydrogen-bond donors (Lipinski definition) is 1. The van der Waals surface area contributed by atoms with Gasteiger partial charge < -0.3 is 14.8 Å². The summed E-state index contributed by atoms with van der Waals surface area (Å²) >= 11 is 18.0. The van der Waals surface area contributed by atoms with E-state index in [1.165, 1.54) is 5.56 Å². The minimum absolute atomic E-state index is 0.0824. The SMILES string of the molecule is CCOc1cc(CN2CCC(Nc3nc(Cl)nc(Cl)c3Cl)CC2)ccc1OC. The van der Waals surface area contributed by atoms with Gasteiger partial charge in [0, 0.05) is 25.7 Å². The number of ether oxygens (including phenoxy) is 2. The van der Waals surface area contributed by atoms with E-state index in [-0.39, 0.29) is 16.5 Å². The molecule has 152 valence electrons. The van der Waals surface area contributed by atoms with Crippen molar-refractivity contribution in [3.8, 4) is 11.5 Å². The van der Waals surface area contributed by atoms with E-state index in [0.29, 0.717) is 17.4 Å². The molecule has 0 bridgehead atoms. The summed E-state index contributed by atoms with van der Waals surface area (Å²) in [5.74, 6) is 2.03. The highest BCUT2D eigenvalue weighted by Crippen LogP contribution is 2.31. The van der Waals surface area contributed by atoms with Crippen molar-refractivity contribution in [2.24, 2.45) is 0 Å². The van der Waals surface area contributed by atoms with E-state index in [4.69, 9.17) is 44.3 Å². The Kier molecular flexibility index (Phi) is 7.46. The molecule has 1 aliphatic rings. The van der Waals surface area contributed by atoms with Crippen molar-refractivity contribution >= 4 is 40.6 Å². The molecule has 1 aliphatic heterocycles. The molecule has 1 fully saturated rings. The summed E-state index contributed by atoms with van der Waals surface area (Å²) in [4.78, 5) is 10.4. The molecule has 1 aromatic heterocycles. The zero-order valence-corrected chi connectivity index (χ0v) is 18.1. The number of methoxy groups -OCH3 is 1. The predicted octanol–water partition coefficient (Wildman–Crippen LogP) is 4.92. The second-order valence-electron chi connectivity index (χ2n) is 6.56. The Morgan fingerprint density at radius 2 is 1.89 bits per heavy atom. The monoisotopic (exact) mass is 444 g/mol. The molecule has 0 spiro atoms. The van der Waals surface area contributed by atoms with Gasteiger partial charge in [-0.2, -0.15) is 4.98 Å². The number of benzene rings is 1. The molecule has 1 aromatic carbocycles. The molecule has 1 N–H and O–H groups in total. The molecule has 28 heavy (non-hydrogen) atoms. The summed E-state index contributed by atoms with van der Waals surface area (Å²) in [6.45, 7) is 5.35. The van der Waals surface area contributed by atoms with Gasteiger partial charge in [-0.05, 0) is 49.1 Å². The Morgan fingerprint density at radius 3 is 2.57 bits per heavy atom. The number of piperidine rings is 1. The lowest BCUT2D eigenvalue weighted by molar-refractivity contribution is 0.210. The lowest BCUT2D eigenvalue weighted by atomic mass is 10.0. The van der Waals surface area contributed by atoms with E-state index in [2.05, 4.69) is 32.3 Å². The van der Waals surface area contributed by atoms with Gasteiger partial charge in [-0.1, -0.05) is 29.3 Å². The molecule has 2 heterocycles. The van der Waals surface area contributed by atoms with Crippen molar-refractivity contribution in [1.29, 1.82) is 0 Å². The van der Waals surface area contributed by atoms with Gasteiger partial charge in [0.15, 0.2) is 22.5 Å². The van der Waals surface area contributed by atoms with Crippen LogP contribution in [0.5, 0.6) is 11.5 Å². The number of likely N-dealkylation sites (tertiary alicyclic amines) is 1. The standard InChI is InChI=1S/C19H23Cl3N4O2/c1-3-28-15-10-12(4-5-14(15)27-2)11-26-8-6-13(7-9-26)23-18-16(20)17(21)24-19(22)25-18/h4-5,10,13H,3,6-9,11H2,1-2H3,(H,23,24,25). The Balaban J connectivity index is 1.57. The zero-order valence-electron chi connectivity index (χ0n) is 15.8. The number of anilines is 1. The van der Waals surface area contributed by atoms with Crippen molar-refractivity contribution in [1.82, 2.24) is 14.9 Å². The molecule has 9 heteroatoms. The third-order valence-corrected chi connectivity index (χ3v) is 5.54. The minimum Gasteiger partial charge on any atom is -0.493 e. The number of nitrogens with one attached hydrogen (secondary N) is 1. The normalized spacial score (nSPS) is 15.5. The Hall–Kier alpha value is -1.47. The highest BCUT2D eigenvalue weighted by molar-refractivity contribution is 6.43. The van der Waals surface area contributed by atoms with Gasteiger partial charge in [-0.25, -0.2) is 4.98 Å². The first-order valence-electron chi connectivity index (χ1n) is 9.17. The lowest BCUT2D eigenvalue weighted by Gasteiger charge is -2.32. The predicted molar refractivity (Wildman–Crippen MR) is 113 cm³/mol. The lowest BCUT2D eigenvalue weighted by Crippen LogP contribution is -2.38. The fourth-order valence-electron chi connectivity index (χ4n) is 3.26. The van der Waals surface area contributed by atoms with Crippen molar-refractivity contribution < 1.29 is 9.47 Å². The van der Waals surface area contributed by atoms with Crippen LogP contribution in [-0.4, -0.2) is 47.7 Å². The fourth-order valence-corrected chi connectivity index (χ4v) is 3.79. The van der Waals surface area contributed by atoms with E-state index in [1.807, 2.05) is 13.0 Å². The Bertz CT molecular complexity index is 814. The molecule has 2 aromatic rings. The molecule has 0 atom stereocenters. The third-order valence-electron chi connectivity index (χ3n) is 4.65. The second-order valence-corrected chi connectivity index (χ2v) is 7.63. The Morgan fingerprint density at radius 1 is 1.14 bits per heavy atom. The maximum atomic E-state index is 6.18. The quantitative estimate of drug-likeness (QED) is 0.482. The van der Waals surface area contributed by atoms with Crippen LogP contribution in [0.3, 0.4) is 0 Å². The van der Waals surface area contributed by atoms with Gasteiger partial charge in [0.2, 0.25) is 5.28 Å². The average Bonchev–Trinajstić information content (AvgIpc) is 2.68. The maximum Gasteiger partial charge on any atom is 0.225 e. The highest BCUT2D eigenvalue weighted by atomic mass is 35.5. The van der Waals surface area contributed by atoms with Crippen LogP contribution in [0.25, 0.3) is 0 Å². The molecule has 0 saturated carbocycles. The van der Waals surface area contributed by atoms with Crippen LogP contribution >= 0.6 is 34.8 Å². The van der Waals surface area contributed by atoms with Crippen LogP contribution in [0.4, 0.5) is 5.82 Å². The number of halogens is 3. The van der Waals surface area contributed by atoms with Crippen LogP contribution in [0.2, 0.25) is 15.5 Å². The van der Waals surface area contributed by atoms with E-state index in [0.717, 1.165) is 44.0 Å². The first-order valence-corrected chi connectivity index (χ1v) is 10.3. The van der Waals surface area contributed by atoms with Crippen LogP contribution in [0, 0.1) is 0 Å². The summed E-state index contributed by atoms with van der Waals surface area (Å²) in [6, 6.07) is 6.35. The fraction of sp³-hybridized carbons (Fsp3) is 0.474. The van der Waals surface area contributed by atoms with Gasteiger partial charge >= 0.3 is 0 Å². The molecule has 0 amide bonds. The minimum atomic E-state index is 0.0824. The molecule has 0 aliphatic carbocycles. The van der Waals surface area contributed by atoms with E-state index >= 15 is 0 Å². The number of hydrogen-bond acceptors (Lipinski definition) is 6. The molecule has 3 rings (SSSR count). The van der Waals surface area contributed by atoms with Gasteiger partial charge in [0.1, 0.15) is 5.02 Å². The molecule has 6 nitrogen and oxygen atoms in total. The number of aromatic nitrogens is 2. The Labute approximate surface area is 180 Å². The van der Waals surface area contributed by atoms with E-state index in [1.54, 1.807) is 7.11 Å². The van der Waals surface area contributed by atoms with Gasteiger partial charge in [0.25, 0.3) is 0 Å². The van der Waals surface area contributed by atoms with E-state index in [9.17, 15) is 0 Å². The van der Waals surface area contributed by atoms with Gasteiger partial charge in [-0.3, -0.25) is 4.90 Å². The first kappa shape index (κ1) is 21.2. The zero-order chi connectivity index (χ0) is 20.1.